The van der Waals surface area contributed by atoms with Crippen molar-refractivity contribution in [2.75, 3.05) is 11.1 Å². The first-order valence-corrected chi connectivity index (χ1v) is 4.98. The van der Waals surface area contributed by atoms with E-state index in [1.54, 1.807) is 18.5 Å². The zero-order valence-corrected chi connectivity index (χ0v) is 9.01. The van der Waals surface area contributed by atoms with Gasteiger partial charge in [-0.05, 0) is 24.6 Å². The van der Waals surface area contributed by atoms with Crippen LogP contribution in [0.4, 0.5) is 11.8 Å². The van der Waals surface area contributed by atoms with E-state index in [-0.39, 0.29) is 0 Å². The lowest BCUT2D eigenvalue weighted by Crippen LogP contribution is -2.07. The molecule has 0 bridgehead atoms. The van der Waals surface area contributed by atoms with Crippen LogP contribution in [0.5, 0.6) is 0 Å². The number of nitrogen functional groups attached to an aromatic ring is 1. The maximum Gasteiger partial charge on any atom is 0.224 e. The maximum absolute atomic E-state index is 5.55. The van der Waals surface area contributed by atoms with E-state index in [2.05, 4.69) is 20.3 Å². The molecular formula is C11H13N5. The fraction of sp³-hybridized carbons (Fsp3) is 0.182. The second-order valence-electron chi connectivity index (χ2n) is 3.43. The van der Waals surface area contributed by atoms with Crippen LogP contribution in [0.3, 0.4) is 0 Å². The molecule has 0 atom stereocenters. The van der Waals surface area contributed by atoms with Gasteiger partial charge in [0.1, 0.15) is 5.82 Å². The summed E-state index contributed by atoms with van der Waals surface area (Å²) in [5.41, 5.74) is 7.67. The van der Waals surface area contributed by atoms with Gasteiger partial charge in [-0.1, -0.05) is 6.07 Å². The standard InChI is InChI=1S/C11H13N5/c1-8-3-2-5-13-9(8)7-15-11-14-6-4-10(12)16-11/h2-6H,7H2,1H3,(H3,12,14,15,16). The van der Waals surface area contributed by atoms with Gasteiger partial charge in [0.25, 0.3) is 0 Å². The van der Waals surface area contributed by atoms with E-state index in [0.717, 1.165) is 11.3 Å². The normalized spacial score (nSPS) is 10.1. The predicted octanol–water partition coefficient (Wildman–Crippen LogP) is 1.37. The van der Waals surface area contributed by atoms with Crippen LogP contribution in [0, 0.1) is 6.92 Å². The number of anilines is 2. The van der Waals surface area contributed by atoms with Gasteiger partial charge in [0, 0.05) is 12.4 Å². The maximum atomic E-state index is 5.55. The smallest absolute Gasteiger partial charge is 0.224 e. The Morgan fingerprint density at radius 1 is 1.25 bits per heavy atom. The van der Waals surface area contributed by atoms with E-state index < -0.39 is 0 Å². The summed E-state index contributed by atoms with van der Waals surface area (Å²) in [5, 5.41) is 3.08. The van der Waals surface area contributed by atoms with Crippen LogP contribution in [0.15, 0.2) is 30.6 Å². The summed E-state index contributed by atoms with van der Waals surface area (Å²) in [6, 6.07) is 5.58. The largest absolute Gasteiger partial charge is 0.384 e. The van der Waals surface area contributed by atoms with Gasteiger partial charge in [0.2, 0.25) is 5.95 Å². The summed E-state index contributed by atoms with van der Waals surface area (Å²) in [4.78, 5) is 12.4. The highest BCUT2D eigenvalue weighted by Gasteiger charge is 2.00. The van der Waals surface area contributed by atoms with Gasteiger partial charge in [-0.15, -0.1) is 0 Å². The molecule has 0 aliphatic heterocycles. The average Bonchev–Trinajstić information content (AvgIpc) is 2.28. The van der Waals surface area contributed by atoms with Gasteiger partial charge in [-0.2, -0.15) is 4.98 Å². The molecule has 0 aromatic carbocycles. The molecule has 0 spiro atoms. The van der Waals surface area contributed by atoms with Gasteiger partial charge in [-0.3, -0.25) is 4.98 Å². The summed E-state index contributed by atoms with van der Waals surface area (Å²) >= 11 is 0. The monoisotopic (exact) mass is 215 g/mol. The lowest BCUT2D eigenvalue weighted by atomic mass is 10.2. The number of nitrogens with one attached hydrogen (secondary N) is 1. The lowest BCUT2D eigenvalue weighted by Gasteiger charge is -2.06. The number of hydrogen-bond donors (Lipinski definition) is 2. The van der Waals surface area contributed by atoms with Crippen molar-refractivity contribution in [3.63, 3.8) is 0 Å². The fourth-order valence-corrected chi connectivity index (χ4v) is 1.32. The van der Waals surface area contributed by atoms with Gasteiger partial charge in [-0.25, -0.2) is 4.98 Å². The minimum absolute atomic E-state index is 0.454. The third-order valence-corrected chi connectivity index (χ3v) is 2.21. The molecule has 0 aliphatic carbocycles. The van der Waals surface area contributed by atoms with Crippen molar-refractivity contribution >= 4 is 11.8 Å². The molecule has 0 unspecified atom stereocenters. The quantitative estimate of drug-likeness (QED) is 0.808. The van der Waals surface area contributed by atoms with Crippen molar-refractivity contribution in [2.24, 2.45) is 0 Å². The molecule has 3 N–H and O–H groups in total. The summed E-state index contributed by atoms with van der Waals surface area (Å²) in [7, 11) is 0. The molecule has 5 nitrogen and oxygen atoms in total. The van der Waals surface area contributed by atoms with E-state index in [9.17, 15) is 0 Å². The molecule has 2 rings (SSSR count). The number of aromatic nitrogens is 3. The Labute approximate surface area is 93.8 Å². The van der Waals surface area contributed by atoms with Crippen LogP contribution >= 0.6 is 0 Å². The van der Waals surface area contributed by atoms with Gasteiger partial charge >= 0.3 is 0 Å². The zero-order valence-electron chi connectivity index (χ0n) is 9.01. The fourth-order valence-electron chi connectivity index (χ4n) is 1.32. The predicted molar refractivity (Wildman–Crippen MR) is 62.7 cm³/mol. The second kappa shape index (κ2) is 4.57. The summed E-state index contributed by atoms with van der Waals surface area (Å²) in [5.74, 6) is 0.972. The molecule has 0 saturated heterocycles. The molecule has 2 aromatic rings. The highest BCUT2D eigenvalue weighted by Crippen LogP contribution is 2.06. The first-order valence-electron chi connectivity index (χ1n) is 4.98. The number of hydrogen-bond acceptors (Lipinski definition) is 5. The Kier molecular flexibility index (Phi) is 2.95. The Hall–Kier alpha value is -2.17. The van der Waals surface area contributed by atoms with Gasteiger partial charge in [0.05, 0.1) is 12.2 Å². The SMILES string of the molecule is Cc1cccnc1CNc1nccc(N)n1. The molecule has 0 saturated carbocycles. The third-order valence-electron chi connectivity index (χ3n) is 2.21. The number of nitrogens with zero attached hydrogens (tertiary/aromatic N) is 3. The van der Waals surface area contributed by atoms with E-state index in [4.69, 9.17) is 5.73 Å². The summed E-state index contributed by atoms with van der Waals surface area (Å²) in [6.45, 7) is 2.61. The van der Waals surface area contributed by atoms with Crippen LogP contribution in [0.1, 0.15) is 11.3 Å². The van der Waals surface area contributed by atoms with Crippen LogP contribution in [0.2, 0.25) is 0 Å². The molecule has 0 radical (unpaired) electrons. The van der Waals surface area contributed by atoms with E-state index in [1.165, 1.54) is 0 Å². The molecular weight excluding hydrogens is 202 g/mol. The average molecular weight is 215 g/mol. The highest BCUT2D eigenvalue weighted by molar-refractivity contribution is 5.35. The lowest BCUT2D eigenvalue weighted by molar-refractivity contribution is 0.985. The Morgan fingerprint density at radius 3 is 2.88 bits per heavy atom. The van der Waals surface area contributed by atoms with Crippen molar-refractivity contribution in [3.05, 3.63) is 41.9 Å². The summed E-state index contributed by atoms with van der Waals surface area (Å²) < 4.78 is 0. The van der Waals surface area contributed by atoms with Crippen molar-refractivity contribution in [2.45, 2.75) is 13.5 Å². The molecule has 0 aliphatic rings. The Bertz CT molecular complexity index is 483. The molecule has 16 heavy (non-hydrogen) atoms. The minimum atomic E-state index is 0.454. The van der Waals surface area contributed by atoms with Crippen molar-refractivity contribution in [1.29, 1.82) is 0 Å². The highest BCUT2D eigenvalue weighted by atomic mass is 15.1. The number of nitrogens with two attached hydrogens (primary N) is 1. The van der Waals surface area contributed by atoms with Crippen molar-refractivity contribution in [3.8, 4) is 0 Å². The van der Waals surface area contributed by atoms with Gasteiger partial charge in [0.15, 0.2) is 0 Å². The topological polar surface area (TPSA) is 76.7 Å². The first-order chi connectivity index (χ1) is 7.75. The molecule has 2 heterocycles. The molecule has 0 fully saturated rings. The van der Waals surface area contributed by atoms with Crippen LogP contribution in [0.25, 0.3) is 0 Å². The van der Waals surface area contributed by atoms with Crippen molar-refractivity contribution in [1.82, 2.24) is 15.0 Å². The number of pyridine rings is 1. The van der Waals surface area contributed by atoms with Crippen LogP contribution < -0.4 is 11.1 Å². The van der Waals surface area contributed by atoms with E-state index in [0.29, 0.717) is 18.3 Å². The first kappa shape index (κ1) is 10.4. The van der Waals surface area contributed by atoms with E-state index >= 15 is 0 Å². The minimum Gasteiger partial charge on any atom is -0.384 e. The summed E-state index contributed by atoms with van der Waals surface area (Å²) in [6.07, 6.45) is 3.39. The molecule has 0 amide bonds. The molecule has 82 valence electrons. The number of aryl methyl sites for hydroxylation is 1. The van der Waals surface area contributed by atoms with Crippen molar-refractivity contribution < 1.29 is 0 Å². The van der Waals surface area contributed by atoms with Crippen LogP contribution in [-0.2, 0) is 6.54 Å². The van der Waals surface area contributed by atoms with Gasteiger partial charge < -0.3 is 11.1 Å². The van der Waals surface area contributed by atoms with Crippen LogP contribution in [-0.4, -0.2) is 15.0 Å². The molecule has 5 heteroatoms. The van der Waals surface area contributed by atoms with E-state index in [1.807, 2.05) is 19.1 Å². The Morgan fingerprint density at radius 2 is 2.12 bits per heavy atom. The third kappa shape index (κ3) is 2.44. The zero-order chi connectivity index (χ0) is 11.4. The number of rotatable bonds is 3. The Balaban J connectivity index is 2.05. The second-order valence-corrected chi connectivity index (χ2v) is 3.43. The molecule has 2 aromatic heterocycles.